The molecule has 0 bridgehead atoms. The average molecular weight is 415 g/mol. The monoisotopic (exact) mass is 414 g/mol. The minimum absolute atomic E-state index is 0.219. The van der Waals surface area contributed by atoms with Gasteiger partial charge in [0, 0.05) is 5.69 Å². The third-order valence-corrected chi connectivity index (χ3v) is 5.38. The van der Waals surface area contributed by atoms with Crippen LogP contribution >= 0.6 is 0 Å². The molecule has 0 saturated heterocycles. The van der Waals surface area contributed by atoms with Crippen LogP contribution in [0.3, 0.4) is 0 Å². The van der Waals surface area contributed by atoms with E-state index in [1.165, 1.54) is 5.56 Å². The third kappa shape index (κ3) is 3.89. The first kappa shape index (κ1) is 20.6. The molecule has 0 saturated carbocycles. The Morgan fingerprint density at radius 3 is 2.48 bits per heavy atom. The number of nitrogens with zero attached hydrogens (tertiary/aromatic N) is 3. The molecule has 0 radical (unpaired) electrons. The molecule has 0 spiro atoms. The SMILES string of the molecule is CCc1ccc(-n2nc(C)c3c(C(=O)Nc4cc(C)ccc4OC)cc(C)nc32)cc1. The Morgan fingerprint density at radius 2 is 1.81 bits per heavy atom. The summed E-state index contributed by atoms with van der Waals surface area (Å²) in [4.78, 5) is 18.0. The summed E-state index contributed by atoms with van der Waals surface area (Å²) in [5.41, 5.74) is 6.56. The van der Waals surface area contributed by atoms with Gasteiger partial charge in [-0.05, 0) is 68.7 Å². The second kappa shape index (κ2) is 8.22. The van der Waals surface area contributed by atoms with E-state index in [0.29, 0.717) is 22.6 Å². The smallest absolute Gasteiger partial charge is 0.256 e. The molecule has 2 heterocycles. The van der Waals surface area contributed by atoms with Crippen molar-refractivity contribution in [3.63, 3.8) is 0 Å². The molecular formula is C25H26N4O2. The molecule has 0 unspecified atom stereocenters. The van der Waals surface area contributed by atoms with E-state index in [1.54, 1.807) is 17.9 Å². The third-order valence-electron chi connectivity index (χ3n) is 5.38. The second-order valence-electron chi connectivity index (χ2n) is 7.68. The van der Waals surface area contributed by atoms with E-state index < -0.39 is 0 Å². The zero-order chi connectivity index (χ0) is 22.1. The predicted molar refractivity (Wildman–Crippen MR) is 123 cm³/mol. The Morgan fingerprint density at radius 1 is 1.06 bits per heavy atom. The lowest BCUT2D eigenvalue weighted by Crippen LogP contribution is -2.14. The van der Waals surface area contributed by atoms with Gasteiger partial charge >= 0.3 is 0 Å². The number of carbonyl (C=O) groups is 1. The van der Waals surface area contributed by atoms with Crippen LogP contribution in [-0.4, -0.2) is 27.8 Å². The summed E-state index contributed by atoms with van der Waals surface area (Å²) >= 11 is 0. The molecule has 2 aromatic carbocycles. The Kier molecular flexibility index (Phi) is 5.46. The van der Waals surface area contributed by atoms with Gasteiger partial charge in [-0.3, -0.25) is 4.79 Å². The molecule has 1 N–H and O–H groups in total. The molecule has 0 aliphatic rings. The molecule has 0 atom stereocenters. The van der Waals surface area contributed by atoms with Crippen LogP contribution in [0.15, 0.2) is 48.5 Å². The van der Waals surface area contributed by atoms with E-state index in [1.807, 2.05) is 51.1 Å². The van der Waals surface area contributed by atoms with Crippen molar-refractivity contribution in [2.75, 3.05) is 12.4 Å². The predicted octanol–water partition coefficient (Wildman–Crippen LogP) is 5.17. The quantitative estimate of drug-likeness (QED) is 0.489. The highest BCUT2D eigenvalue weighted by Gasteiger charge is 2.20. The van der Waals surface area contributed by atoms with Gasteiger partial charge in [0.05, 0.1) is 35.1 Å². The molecule has 158 valence electrons. The van der Waals surface area contributed by atoms with E-state index in [2.05, 4.69) is 24.4 Å². The summed E-state index contributed by atoms with van der Waals surface area (Å²) in [6.07, 6.45) is 0.975. The summed E-state index contributed by atoms with van der Waals surface area (Å²) in [7, 11) is 1.59. The maximum absolute atomic E-state index is 13.3. The fraction of sp³-hybridized carbons (Fsp3) is 0.240. The lowest BCUT2D eigenvalue weighted by atomic mass is 10.1. The van der Waals surface area contributed by atoms with Crippen LogP contribution in [-0.2, 0) is 6.42 Å². The van der Waals surface area contributed by atoms with E-state index in [0.717, 1.165) is 34.4 Å². The number of anilines is 1. The van der Waals surface area contributed by atoms with Gasteiger partial charge in [-0.1, -0.05) is 25.1 Å². The topological polar surface area (TPSA) is 69.0 Å². The number of hydrogen-bond donors (Lipinski definition) is 1. The number of pyridine rings is 1. The number of nitrogens with one attached hydrogen (secondary N) is 1. The van der Waals surface area contributed by atoms with Crippen molar-refractivity contribution < 1.29 is 9.53 Å². The van der Waals surface area contributed by atoms with Crippen molar-refractivity contribution in [1.82, 2.24) is 14.8 Å². The Labute approximate surface area is 181 Å². The minimum atomic E-state index is -0.219. The van der Waals surface area contributed by atoms with E-state index in [-0.39, 0.29) is 5.91 Å². The molecule has 0 fully saturated rings. The fourth-order valence-corrected chi connectivity index (χ4v) is 3.76. The number of hydrogen-bond acceptors (Lipinski definition) is 4. The van der Waals surface area contributed by atoms with Crippen molar-refractivity contribution in [1.29, 1.82) is 0 Å². The summed E-state index contributed by atoms with van der Waals surface area (Å²) in [6, 6.07) is 15.7. The highest BCUT2D eigenvalue weighted by molar-refractivity contribution is 6.13. The van der Waals surface area contributed by atoms with Crippen LogP contribution in [0, 0.1) is 20.8 Å². The number of methoxy groups -OCH3 is 1. The van der Waals surface area contributed by atoms with E-state index in [4.69, 9.17) is 14.8 Å². The van der Waals surface area contributed by atoms with Crippen molar-refractivity contribution >= 4 is 22.6 Å². The second-order valence-corrected chi connectivity index (χ2v) is 7.68. The number of fused-ring (bicyclic) bond motifs is 1. The average Bonchev–Trinajstić information content (AvgIpc) is 3.09. The van der Waals surface area contributed by atoms with Crippen molar-refractivity contribution in [2.45, 2.75) is 34.1 Å². The zero-order valence-electron chi connectivity index (χ0n) is 18.5. The van der Waals surface area contributed by atoms with Crippen LogP contribution in [0.4, 0.5) is 5.69 Å². The number of aromatic nitrogens is 3. The highest BCUT2D eigenvalue weighted by atomic mass is 16.5. The van der Waals surface area contributed by atoms with E-state index in [9.17, 15) is 4.79 Å². The van der Waals surface area contributed by atoms with Gasteiger partial charge in [0.15, 0.2) is 5.65 Å². The summed E-state index contributed by atoms with van der Waals surface area (Å²) < 4.78 is 7.22. The summed E-state index contributed by atoms with van der Waals surface area (Å²) in [5, 5.41) is 8.45. The van der Waals surface area contributed by atoms with Gasteiger partial charge in [0.1, 0.15) is 5.75 Å². The number of aryl methyl sites for hydroxylation is 4. The van der Waals surface area contributed by atoms with Gasteiger partial charge in [-0.25, -0.2) is 9.67 Å². The summed E-state index contributed by atoms with van der Waals surface area (Å²) in [6.45, 7) is 7.89. The summed E-state index contributed by atoms with van der Waals surface area (Å²) in [5.74, 6) is 0.396. The molecule has 31 heavy (non-hydrogen) atoms. The van der Waals surface area contributed by atoms with E-state index >= 15 is 0 Å². The van der Waals surface area contributed by atoms with Crippen LogP contribution in [0.1, 0.15) is 39.8 Å². The Bertz CT molecular complexity index is 1270. The van der Waals surface area contributed by atoms with Crippen molar-refractivity contribution in [3.8, 4) is 11.4 Å². The Balaban J connectivity index is 1.81. The minimum Gasteiger partial charge on any atom is -0.495 e. The van der Waals surface area contributed by atoms with Gasteiger partial charge in [-0.15, -0.1) is 0 Å². The van der Waals surface area contributed by atoms with Gasteiger partial charge in [-0.2, -0.15) is 5.10 Å². The number of rotatable bonds is 5. The first-order valence-electron chi connectivity index (χ1n) is 10.3. The van der Waals surface area contributed by atoms with Crippen LogP contribution in [0.5, 0.6) is 5.75 Å². The first-order chi connectivity index (χ1) is 14.9. The maximum Gasteiger partial charge on any atom is 0.256 e. The van der Waals surface area contributed by atoms with Crippen LogP contribution in [0.25, 0.3) is 16.7 Å². The van der Waals surface area contributed by atoms with Gasteiger partial charge < -0.3 is 10.1 Å². The number of amides is 1. The molecule has 6 nitrogen and oxygen atoms in total. The maximum atomic E-state index is 13.3. The molecule has 2 aromatic heterocycles. The number of ether oxygens (including phenoxy) is 1. The molecule has 4 aromatic rings. The molecular weight excluding hydrogens is 388 g/mol. The highest BCUT2D eigenvalue weighted by Crippen LogP contribution is 2.29. The lowest BCUT2D eigenvalue weighted by molar-refractivity contribution is 0.102. The van der Waals surface area contributed by atoms with Crippen molar-refractivity contribution in [2.24, 2.45) is 0 Å². The number of benzene rings is 2. The van der Waals surface area contributed by atoms with Crippen molar-refractivity contribution in [3.05, 3.63) is 76.6 Å². The Hall–Kier alpha value is -3.67. The van der Waals surface area contributed by atoms with Gasteiger partial charge in [0.25, 0.3) is 5.91 Å². The molecule has 1 amide bonds. The normalized spacial score (nSPS) is 11.0. The first-order valence-corrected chi connectivity index (χ1v) is 10.3. The zero-order valence-corrected chi connectivity index (χ0v) is 18.5. The fourth-order valence-electron chi connectivity index (χ4n) is 3.76. The molecule has 0 aliphatic heterocycles. The largest absolute Gasteiger partial charge is 0.495 e. The number of carbonyl (C=O) groups excluding carboxylic acids is 1. The molecule has 4 rings (SSSR count). The lowest BCUT2D eigenvalue weighted by Gasteiger charge is -2.12. The van der Waals surface area contributed by atoms with Gasteiger partial charge in [0.2, 0.25) is 0 Å². The standard InChI is InChI=1S/C25H26N4O2/c1-6-18-8-10-19(11-9-18)29-24-23(17(4)28-29)20(14-16(3)26-24)25(30)27-21-13-15(2)7-12-22(21)31-5/h7-14H,6H2,1-5H3,(H,27,30). The van der Waals surface area contributed by atoms with Crippen LogP contribution in [0.2, 0.25) is 0 Å². The molecule has 0 aliphatic carbocycles. The van der Waals surface area contributed by atoms with Crippen LogP contribution < -0.4 is 10.1 Å². The molecule has 6 heteroatoms.